The van der Waals surface area contributed by atoms with E-state index in [0.717, 1.165) is 5.56 Å². The molecule has 146 valence electrons. The number of halogens is 1. The number of carbonyl (C=O) groups excluding carboxylic acids is 1. The lowest BCUT2D eigenvalue weighted by Gasteiger charge is -2.15. The molecule has 0 radical (unpaired) electrons. The predicted octanol–water partition coefficient (Wildman–Crippen LogP) is 3.56. The van der Waals surface area contributed by atoms with Crippen LogP contribution < -0.4 is 9.88 Å². The van der Waals surface area contributed by atoms with Crippen LogP contribution in [0.4, 0.5) is 10.1 Å². The van der Waals surface area contributed by atoms with E-state index in [2.05, 4.69) is 5.32 Å². The van der Waals surface area contributed by atoms with E-state index in [1.54, 1.807) is 41.2 Å². The first-order chi connectivity index (χ1) is 14.0. The van der Waals surface area contributed by atoms with Crippen molar-refractivity contribution in [2.24, 2.45) is 0 Å². The minimum absolute atomic E-state index is 0.0949. The first kappa shape index (κ1) is 20.2. The van der Waals surface area contributed by atoms with Crippen LogP contribution in [0.25, 0.3) is 0 Å². The third-order valence-corrected chi connectivity index (χ3v) is 4.64. The maximum atomic E-state index is 13.2. The number of rotatable bonds is 7. The van der Waals surface area contributed by atoms with E-state index < -0.39 is 11.0 Å². The topological polar surface area (TPSA) is 76.1 Å². The molecule has 0 bridgehead atoms. The predicted molar refractivity (Wildman–Crippen MR) is 109 cm³/mol. The van der Waals surface area contributed by atoms with E-state index in [0.29, 0.717) is 12.1 Å². The highest BCUT2D eigenvalue weighted by Crippen LogP contribution is 2.16. The molecular weight excluding hydrogens is 393 g/mol. The highest BCUT2D eigenvalue weighted by Gasteiger charge is 2.33. The number of pyridine rings is 1. The number of hydrogen-bond donors (Lipinski definition) is 1. The fraction of sp³-hybridized carbons (Fsp3) is 0.0952. The second-order valence-corrected chi connectivity index (χ2v) is 6.68. The van der Waals surface area contributed by atoms with Crippen molar-refractivity contribution in [3.8, 4) is 0 Å². The molecule has 0 fully saturated rings. The SMILES string of the molecule is O=C(c1ccc([N+](=O)[O-])cc1)[C@H](C(=S)NCc1ccc(F)cc1)[n+]1ccccc1. The van der Waals surface area contributed by atoms with Gasteiger partial charge in [-0.15, -0.1) is 0 Å². The van der Waals surface area contributed by atoms with E-state index in [9.17, 15) is 19.3 Å². The Morgan fingerprint density at radius 1 is 1.07 bits per heavy atom. The molecule has 2 aromatic carbocycles. The summed E-state index contributed by atoms with van der Waals surface area (Å²) < 4.78 is 14.7. The summed E-state index contributed by atoms with van der Waals surface area (Å²) in [6.07, 6.45) is 3.44. The number of nitrogens with zero attached hydrogens (tertiary/aromatic N) is 2. The van der Waals surface area contributed by atoms with Crippen LogP contribution in [0.2, 0.25) is 0 Å². The number of carbonyl (C=O) groups is 1. The molecule has 6 nitrogen and oxygen atoms in total. The van der Waals surface area contributed by atoms with Crippen molar-refractivity contribution in [2.45, 2.75) is 12.6 Å². The number of benzene rings is 2. The minimum Gasteiger partial charge on any atom is -0.370 e. The van der Waals surface area contributed by atoms with Gasteiger partial charge in [0.1, 0.15) is 5.82 Å². The fourth-order valence-corrected chi connectivity index (χ4v) is 3.07. The largest absolute Gasteiger partial charge is 0.370 e. The highest BCUT2D eigenvalue weighted by atomic mass is 32.1. The average Bonchev–Trinajstić information content (AvgIpc) is 2.74. The molecule has 0 amide bonds. The maximum Gasteiger partial charge on any atom is 0.270 e. The van der Waals surface area contributed by atoms with Gasteiger partial charge in [-0.3, -0.25) is 14.9 Å². The van der Waals surface area contributed by atoms with Crippen LogP contribution in [-0.2, 0) is 6.54 Å². The average molecular weight is 410 g/mol. The molecule has 1 aromatic heterocycles. The molecule has 3 aromatic rings. The van der Waals surface area contributed by atoms with Crippen LogP contribution in [0.15, 0.2) is 79.1 Å². The number of thiocarbonyl (C=S) groups is 1. The molecule has 29 heavy (non-hydrogen) atoms. The van der Waals surface area contributed by atoms with Crippen LogP contribution in [0.1, 0.15) is 22.0 Å². The molecule has 1 heterocycles. The van der Waals surface area contributed by atoms with Crippen molar-refractivity contribution in [1.29, 1.82) is 0 Å². The molecule has 0 aliphatic rings. The molecular formula is C21H17FN3O3S+. The Bertz CT molecular complexity index is 1030. The second-order valence-electron chi connectivity index (χ2n) is 6.24. The number of Topliss-reactive ketones (excluding diaryl/α,β-unsaturated/α-hetero) is 1. The van der Waals surface area contributed by atoms with Gasteiger partial charge in [-0.05, 0) is 29.8 Å². The second kappa shape index (κ2) is 9.11. The van der Waals surface area contributed by atoms with Crippen LogP contribution in [0.3, 0.4) is 0 Å². The van der Waals surface area contributed by atoms with Crippen molar-refractivity contribution in [3.05, 3.63) is 106 Å². The van der Waals surface area contributed by atoms with Gasteiger partial charge in [-0.2, -0.15) is 4.57 Å². The van der Waals surface area contributed by atoms with Gasteiger partial charge in [0.25, 0.3) is 11.7 Å². The summed E-state index contributed by atoms with van der Waals surface area (Å²) in [7, 11) is 0. The van der Waals surface area contributed by atoms with Gasteiger partial charge in [0.2, 0.25) is 5.78 Å². The Morgan fingerprint density at radius 3 is 2.28 bits per heavy atom. The summed E-state index contributed by atoms with van der Waals surface area (Å²) in [5.41, 5.74) is 1.03. The zero-order chi connectivity index (χ0) is 20.8. The van der Waals surface area contributed by atoms with E-state index in [1.165, 1.54) is 36.4 Å². The molecule has 0 unspecified atom stereocenters. The van der Waals surface area contributed by atoms with Crippen LogP contribution >= 0.6 is 12.2 Å². The number of non-ortho nitro benzene ring substituents is 1. The van der Waals surface area contributed by atoms with Gasteiger partial charge in [0.15, 0.2) is 17.4 Å². The first-order valence-corrected chi connectivity index (χ1v) is 9.13. The Kier molecular flexibility index (Phi) is 6.36. The third kappa shape index (κ3) is 5.05. The monoisotopic (exact) mass is 410 g/mol. The fourth-order valence-electron chi connectivity index (χ4n) is 2.77. The summed E-state index contributed by atoms with van der Waals surface area (Å²) in [6, 6.07) is 15.9. The van der Waals surface area contributed by atoms with Crippen LogP contribution in [-0.4, -0.2) is 15.7 Å². The van der Waals surface area contributed by atoms with Gasteiger partial charge < -0.3 is 5.32 Å². The molecule has 0 spiro atoms. The van der Waals surface area contributed by atoms with Gasteiger partial charge in [-0.1, -0.05) is 30.4 Å². The van der Waals surface area contributed by atoms with E-state index >= 15 is 0 Å². The lowest BCUT2D eigenvalue weighted by molar-refractivity contribution is -0.692. The molecule has 0 aliphatic heterocycles. The first-order valence-electron chi connectivity index (χ1n) is 8.72. The summed E-state index contributed by atoms with van der Waals surface area (Å²) in [5, 5.41) is 13.9. The normalized spacial score (nSPS) is 11.5. The number of aromatic nitrogens is 1. The van der Waals surface area contributed by atoms with E-state index in [4.69, 9.17) is 12.2 Å². The molecule has 8 heteroatoms. The quantitative estimate of drug-likeness (QED) is 0.212. The van der Waals surface area contributed by atoms with Crippen molar-refractivity contribution < 1.29 is 18.7 Å². The highest BCUT2D eigenvalue weighted by molar-refractivity contribution is 7.80. The van der Waals surface area contributed by atoms with Crippen molar-refractivity contribution in [1.82, 2.24) is 5.32 Å². The number of nitro groups is 1. The number of hydrogen-bond acceptors (Lipinski definition) is 4. The molecule has 0 aliphatic carbocycles. The van der Waals surface area contributed by atoms with Gasteiger partial charge in [-0.25, -0.2) is 4.39 Å². The van der Waals surface area contributed by atoms with Crippen molar-refractivity contribution >= 4 is 28.7 Å². The maximum absolute atomic E-state index is 13.2. The summed E-state index contributed by atoms with van der Waals surface area (Å²) in [6.45, 7) is 0.330. The smallest absolute Gasteiger partial charge is 0.270 e. The molecule has 0 saturated heterocycles. The molecule has 1 N–H and O–H groups in total. The van der Waals surface area contributed by atoms with Gasteiger partial charge in [0, 0.05) is 36.4 Å². The number of ketones is 1. The Morgan fingerprint density at radius 2 is 1.69 bits per heavy atom. The van der Waals surface area contributed by atoms with Gasteiger partial charge >= 0.3 is 0 Å². The van der Waals surface area contributed by atoms with Crippen molar-refractivity contribution in [2.75, 3.05) is 0 Å². The molecule has 0 saturated carbocycles. The van der Waals surface area contributed by atoms with Gasteiger partial charge in [0.05, 0.1) is 4.92 Å². The minimum atomic E-state index is -0.826. The van der Waals surface area contributed by atoms with Crippen LogP contribution in [0.5, 0.6) is 0 Å². The van der Waals surface area contributed by atoms with E-state index in [-0.39, 0.29) is 22.3 Å². The van der Waals surface area contributed by atoms with Crippen LogP contribution in [0, 0.1) is 15.9 Å². The Labute approximate surface area is 171 Å². The molecule has 1 atom stereocenters. The van der Waals surface area contributed by atoms with Crippen molar-refractivity contribution in [3.63, 3.8) is 0 Å². The zero-order valence-corrected chi connectivity index (χ0v) is 16.0. The lowest BCUT2D eigenvalue weighted by Crippen LogP contribution is -2.51. The zero-order valence-electron chi connectivity index (χ0n) is 15.2. The summed E-state index contributed by atoms with van der Waals surface area (Å²) in [5.74, 6) is -0.630. The Hall–Kier alpha value is -3.52. The summed E-state index contributed by atoms with van der Waals surface area (Å²) in [4.78, 5) is 23.8. The standard InChI is InChI=1S/C21H16FN3O3S/c22-17-8-4-15(5-9-17)14-23-21(29)19(24-12-2-1-3-13-24)20(26)16-6-10-18(11-7-16)25(27)28/h1-13,19H,14H2/p+1/t19-/m1/s1. The Balaban J connectivity index is 1.84. The third-order valence-electron chi connectivity index (χ3n) is 4.28. The lowest BCUT2D eigenvalue weighted by atomic mass is 10.0. The van der Waals surface area contributed by atoms with E-state index in [1.807, 2.05) is 6.07 Å². The molecule has 3 rings (SSSR count). The number of nitrogens with one attached hydrogen (secondary N) is 1. The summed E-state index contributed by atoms with van der Waals surface area (Å²) >= 11 is 5.49. The number of nitro benzene ring substituents is 1.